The average molecular weight is 359 g/mol. The Morgan fingerprint density at radius 3 is 1.19 bits per heavy atom. The SMILES string of the molecule is O=C([O-])CC(O)(CC(=O)[O-])C(=O)[O-].O=[N+]([O-])[O-].[K+].[Na+].[Na+].[Na+]. The fourth-order valence-electron chi connectivity index (χ4n) is 0.684. The number of carbonyl (C=O) groups is 3. The van der Waals surface area contributed by atoms with Crippen LogP contribution >= 0.6 is 0 Å². The van der Waals surface area contributed by atoms with Crippen molar-refractivity contribution in [1.82, 2.24) is 0 Å². The predicted octanol–water partition coefficient (Wildman–Crippen LogP) is -17.5. The molecule has 98 valence electrons. The van der Waals surface area contributed by atoms with Crippen LogP contribution in [-0.2, 0) is 14.4 Å². The molecule has 0 aromatic rings. The van der Waals surface area contributed by atoms with Gasteiger partial charge in [0.1, 0.15) is 5.60 Å². The topological polar surface area (TPSA) is 207 Å². The first-order valence-corrected chi connectivity index (χ1v) is 3.66. The summed E-state index contributed by atoms with van der Waals surface area (Å²) < 4.78 is 0. The largest absolute Gasteiger partial charge is 1.00 e. The van der Waals surface area contributed by atoms with Gasteiger partial charge in [0.05, 0.1) is 11.1 Å². The molecule has 0 heterocycles. The van der Waals surface area contributed by atoms with E-state index in [4.69, 9.17) is 20.4 Å². The van der Waals surface area contributed by atoms with Gasteiger partial charge in [0.2, 0.25) is 0 Å². The third kappa shape index (κ3) is 27.4. The predicted molar refractivity (Wildman–Crippen MR) is 39.6 cm³/mol. The third-order valence-corrected chi connectivity index (χ3v) is 1.25. The van der Waals surface area contributed by atoms with Crippen molar-refractivity contribution in [3.05, 3.63) is 15.3 Å². The van der Waals surface area contributed by atoms with Gasteiger partial charge in [-0.3, -0.25) is 0 Å². The van der Waals surface area contributed by atoms with Gasteiger partial charge in [0, 0.05) is 24.8 Å². The Hall–Kier alpha value is 2.21. The molecular weight excluding hydrogens is 354 g/mol. The maximum Gasteiger partial charge on any atom is 1.00 e. The number of aliphatic hydroxyl groups is 1. The van der Waals surface area contributed by atoms with Gasteiger partial charge in [-0.25, -0.2) is 0 Å². The smallest absolute Gasteiger partial charge is 0.550 e. The summed E-state index contributed by atoms with van der Waals surface area (Å²) in [7, 11) is 0. The minimum Gasteiger partial charge on any atom is -0.550 e. The van der Waals surface area contributed by atoms with E-state index < -0.39 is 41.4 Å². The molecule has 0 aliphatic carbocycles. The summed E-state index contributed by atoms with van der Waals surface area (Å²) in [5.74, 6) is -5.98. The second-order valence-corrected chi connectivity index (χ2v) is 2.64. The minimum absolute atomic E-state index is 0. The van der Waals surface area contributed by atoms with Gasteiger partial charge in [-0.1, -0.05) is 0 Å². The fourth-order valence-corrected chi connectivity index (χ4v) is 0.684. The number of nitrogens with zero attached hydrogens (tertiary/aromatic N) is 1. The molecule has 1 N–H and O–H groups in total. The second kappa shape index (κ2) is 20.3. The van der Waals surface area contributed by atoms with Crippen molar-refractivity contribution >= 4 is 17.9 Å². The van der Waals surface area contributed by atoms with Crippen LogP contribution in [0.25, 0.3) is 0 Å². The molecule has 0 aliphatic heterocycles. The van der Waals surface area contributed by atoms with Crippen LogP contribution < -0.4 is 155 Å². The zero-order valence-corrected chi connectivity index (χ0v) is 21.1. The number of carboxylic acids is 3. The van der Waals surface area contributed by atoms with E-state index in [0.717, 1.165) is 0 Å². The molecule has 0 bridgehead atoms. The minimum atomic E-state index is -2.97. The molecule has 0 aromatic heterocycles. The molecule has 21 heavy (non-hydrogen) atoms. The van der Waals surface area contributed by atoms with Gasteiger partial charge >= 0.3 is 140 Å². The van der Waals surface area contributed by atoms with Gasteiger partial charge in [-0.15, -0.1) is 0 Å². The van der Waals surface area contributed by atoms with Crippen molar-refractivity contribution in [1.29, 1.82) is 0 Å². The van der Waals surface area contributed by atoms with Crippen molar-refractivity contribution in [2.45, 2.75) is 18.4 Å². The number of carboxylic acid groups (broad SMARTS) is 3. The molecule has 0 aliphatic rings. The number of hydrogen-bond acceptors (Lipinski definition) is 10. The number of rotatable bonds is 5. The quantitative estimate of drug-likeness (QED) is 0.278. The van der Waals surface area contributed by atoms with E-state index in [1.165, 1.54) is 0 Å². The number of carbonyl (C=O) groups excluding carboxylic acids is 3. The summed E-state index contributed by atoms with van der Waals surface area (Å²) in [6.07, 6.45) is -2.72. The van der Waals surface area contributed by atoms with E-state index in [0.29, 0.717) is 0 Å². The molecule has 0 saturated heterocycles. The summed E-state index contributed by atoms with van der Waals surface area (Å²) in [5, 5.41) is 53.7. The van der Waals surface area contributed by atoms with Gasteiger partial charge in [-0.2, -0.15) is 0 Å². The molecule has 0 radical (unpaired) electrons. The van der Waals surface area contributed by atoms with E-state index in [2.05, 4.69) is 0 Å². The maximum atomic E-state index is 10.1. The Balaban J connectivity index is -0.0000000629. The molecule has 0 saturated carbocycles. The van der Waals surface area contributed by atoms with E-state index in [9.17, 15) is 29.7 Å². The number of hydrogen-bond donors (Lipinski definition) is 1. The van der Waals surface area contributed by atoms with E-state index in [-0.39, 0.29) is 140 Å². The Labute approximate surface area is 227 Å². The molecule has 0 rings (SSSR count). The summed E-state index contributed by atoms with van der Waals surface area (Å²) in [4.78, 5) is 38.2. The van der Waals surface area contributed by atoms with Crippen molar-refractivity contribution in [2.24, 2.45) is 0 Å². The van der Waals surface area contributed by atoms with Crippen LogP contribution in [0.3, 0.4) is 0 Å². The number of aliphatic carboxylic acids is 3. The fraction of sp³-hybridized carbons (Fsp3) is 0.500. The summed E-state index contributed by atoms with van der Waals surface area (Å²) >= 11 is 0. The van der Waals surface area contributed by atoms with Crippen molar-refractivity contribution in [3.8, 4) is 0 Å². The first kappa shape index (κ1) is 38.7. The maximum absolute atomic E-state index is 10.1. The molecular formula is C6H5KNNa3O10. The van der Waals surface area contributed by atoms with Crippen LogP contribution in [0.5, 0.6) is 0 Å². The van der Waals surface area contributed by atoms with Gasteiger partial charge in [-0.05, 0) is 0 Å². The van der Waals surface area contributed by atoms with Crippen LogP contribution in [0.1, 0.15) is 12.8 Å². The first-order valence-electron chi connectivity index (χ1n) is 3.66. The average Bonchev–Trinajstić information content (AvgIpc) is 1.98. The Morgan fingerprint density at radius 2 is 1.10 bits per heavy atom. The third-order valence-electron chi connectivity index (χ3n) is 1.25. The molecule has 15 heteroatoms. The van der Waals surface area contributed by atoms with Crippen LogP contribution in [0.4, 0.5) is 0 Å². The van der Waals surface area contributed by atoms with Crippen LogP contribution in [0.15, 0.2) is 0 Å². The molecule has 0 fully saturated rings. The Morgan fingerprint density at radius 1 is 0.905 bits per heavy atom. The summed E-state index contributed by atoms with van der Waals surface area (Å²) in [5.41, 5.74) is -2.97. The molecule has 0 spiro atoms. The van der Waals surface area contributed by atoms with E-state index in [1.54, 1.807) is 0 Å². The van der Waals surface area contributed by atoms with Gasteiger partial charge in [0.15, 0.2) is 0 Å². The van der Waals surface area contributed by atoms with Gasteiger partial charge < -0.3 is 50.1 Å². The standard InChI is InChI=1S/C6H8O7.K.NO3.3Na/c7-3(8)1-6(13,5(11)12)2-4(9)10;;2-1(3)4;;;/h13H,1-2H2,(H,7,8)(H,9,10)(H,11,12);;;;;/q;+1;-1;3*+1/p-3. The molecule has 0 unspecified atom stereocenters. The molecule has 0 amide bonds. The molecule has 0 aromatic carbocycles. The van der Waals surface area contributed by atoms with Gasteiger partial charge in [0.25, 0.3) is 0 Å². The van der Waals surface area contributed by atoms with Crippen molar-refractivity contribution in [2.75, 3.05) is 0 Å². The Kier molecular flexibility index (Phi) is 37.3. The summed E-state index contributed by atoms with van der Waals surface area (Å²) in [6, 6.07) is 0. The second-order valence-electron chi connectivity index (χ2n) is 2.64. The molecule has 11 nitrogen and oxygen atoms in total. The summed E-state index contributed by atoms with van der Waals surface area (Å²) in [6.45, 7) is 0. The first-order chi connectivity index (χ1) is 7.51. The van der Waals surface area contributed by atoms with E-state index >= 15 is 0 Å². The van der Waals surface area contributed by atoms with Crippen LogP contribution in [0, 0.1) is 15.3 Å². The monoisotopic (exact) mass is 359 g/mol. The van der Waals surface area contributed by atoms with Crippen LogP contribution in [0.2, 0.25) is 0 Å². The zero-order valence-electron chi connectivity index (χ0n) is 12.0. The van der Waals surface area contributed by atoms with Crippen molar-refractivity contribution < 1.29 is 180 Å². The zero-order chi connectivity index (χ0) is 14.2. The van der Waals surface area contributed by atoms with E-state index in [1.807, 2.05) is 0 Å². The normalized spacial score (nSPS) is 7.86. The van der Waals surface area contributed by atoms with Crippen LogP contribution in [-0.4, -0.2) is 33.7 Å². The Bertz CT molecular complexity index is 321. The van der Waals surface area contributed by atoms with Crippen molar-refractivity contribution in [3.63, 3.8) is 0 Å². The molecule has 0 atom stereocenters.